The van der Waals surface area contributed by atoms with E-state index in [1.165, 1.54) is 6.07 Å². The SMILES string of the molecule is O=C(NC1CC1c1ccccc1)c1cccnc1S(=O)(=O)C(F)(F)F. The first-order valence-corrected chi connectivity index (χ1v) is 8.82. The van der Waals surface area contributed by atoms with Crippen molar-refractivity contribution < 1.29 is 26.4 Å². The minimum atomic E-state index is -5.71. The first-order chi connectivity index (χ1) is 11.7. The Hall–Kier alpha value is -2.42. The number of nitrogens with one attached hydrogen (secondary N) is 1. The lowest BCUT2D eigenvalue weighted by molar-refractivity contribution is -0.0438. The van der Waals surface area contributed by atoms with E-state index in [2.05, 4.69) is 10.3 Å². The molecule has 1 aliphatic rings. The van der Waals surface area contributed by atoms with Crippen molar-refractivity contribution in [1.29, 1.82) is 0 Å². The van der Waals surface area contributed by atoms with Crippen molar-refractivity contribution in [2.24, 2.45) is 0 Å². The molecular formula is C16H13F3N2O3S. The van der Waals surface area contributed by atoms with E-state index in [1.54, 1.807) is 0 Å². The molecule has 1 aromatic heterocycles. The molecule has 0 saturated heterocycles. The summed E-state index contributed by atoms with van der Waals surface area (Å²) in [6, 6.07) is 11.3. The molecule has 0 bridgehead atoms. The fraction of sp³-hybridized carbons (Fsp3) is 0.250. The van der Waals surface area contributed by atoms with Gasteiger partial charge in [0.15, 0.2) is 5.03 Å². The average Bonchev–Trinajstić information content (AvgIpc) is 3.33. The van der Waals surface area contributed by atoms with Gasteiger partial charge in [0.25, 0.3) is 15.7 Å². The van der Waals surface area contributed by atoms with Crippen molar-refractivity contribution in [3.8, 4) is 0 Å². The number of amides is 1. The number of pyridine rings is 1. The maximum atomic E-state index is 12.8. The monoisotopic (exact) mass is 370 g/mol. The maximum Gasteiger partial charge on any atom is 0.503 e. The van der Waals surface area contributed by atoms with Gasteiger partial charge in [0.2, 0.25) is 0 Å². The number of carbonyl (C=O) groups is 1. The van der Waals surface area contributed by atoms with Crippen molar-refractivity contribution in [3.05, 3.63) is 59.8 Å². The van der Waals surface area contributed by atoms with Gasteiger partial charge in [0.05, 0.1) is 5.56 Å². The van der Waals surface area contributed by atoms with E-state index < -0.39 is 31.8 Å². The standard InChI is InChI=1S/C16H13F3N2O3S/c17-16(18,19)25(23,24)15-11(7-4-8-20-15)14(22)21-13-9-12(13)10-5-2-1-3-6-10/h1-8,12-13H,9H2,(H,21,22). The molecule has 1 amide bonds. The van der Waals surface area contributed by atoms with Crippen LogP contribution in [0.5, 0.6) is 0 Å². The second-order valence-electron chi connectivity index (χ2n) is 5.64. The third-order valence-corrected chi connectivity index (χ3v) is 5.35. The summed E-state index contributed by atoms with van der Waals surface area (Å²) in [5.74, 6) is -0.830. The topological polar surface area (TPSA) is 76.1 Å². The van der Waals surface area contributed by atoms with Crippen LogP contribution in [0.15, 0.2) is 53.7 Å². The summed E-state index contributed by atoms with van der Waals surface area (Å²) in [7, 11) is -5.71. The molecule has 2 atom stereocenters. The van der Waals surface area contributed by atoms with E-state index in [0.29, 0.717) is 6.42 Å². The lowest BCUT2D eigenvalue weighted by atomic mass is 10.1. The highest BCUT2D eigenvalue weighted by Crippen LogP contribution is 2.41. The van der Waals surface area contributed by atoms with Gasteiger partial charge in [0, 0.05) is 18.2 Å². The molecule has 5 nitrogen and oxygen atoms in total. The fourth-order valence-corrected chi connectivity index (χ4v) is 3.43. The van der Waals surface area contributed by atoms with E-state index in [9.17, 15) is 26.4 Å². The van der Waals surface area contributed by atoms with Gasteiger partial charge in [-0.2, -0.15) is 13.2 Å². The molecule has 25 heavy (non-hydrogen) atoms. The molecule has 1 aliphatic carbocycles. The Balaban J connectivity index is 1.81. The van der Waals surface area contributed by atoms with Gasteiger partial charge in [-0.15, -0.1) is 0 Å². The van der Waals surface area contributed by atoms with Gasteiger partial charge in [-0.05, 0) is 24.1 Å². The van der Waals surface area contributed by atoms with Crippen LogP contribution in [0.4, 0.5) is 13.2 Å². The Labute approximate surface area is 141 Å². The molecule has 132 valence electrons. The second kappa shape index (κ2) is 6.14. The predicted octanol–water partition coefficient (Wildman–Crippen LogP) is 2.66. The third-order valence-electron chi connectivity index (χ3n) is 3.91. The number of hydrogen-bond acceptors (Lipinski definition) is 4. The summed E-state index contributed by atoms with van der Waals surface area (Å²) in [6.45, 7) is 0. The van der Waals surface area contributed by atoms with Crippen LogP contribution in [-0.2, 0) is 9.84 Å². The Bertz CT molecular complexity index is 898. The van der Waals surface area contributed by atoms with Crippen molar-refractivity contribution in [3.63, 3.8) is 0 Å². The van der Waals surface area contributed by atoms with Crippen LogP contribution >= 0.6 is 0 Å². The van der Waals surface area contributed by atoms with Crippen LogP contribution in [0.1, 0.15) is 28.3 Å². The molecule has 3 rings (SSSR count). The zero-order chi connectivity index (χ0) is 18.2. The van der Waals surface area contributed by atoms with Crippen LogP contribution in [0.2, 0.25) is 0 Å². The molecular weight excluding hydrogens is 357 g/mol. The number of carbonyl (C=O) groups excluding carboxylic acids is 1. The number of aromatic nitrogens is 1. The minimum absolute atomic E-state index is 0.0597. The van der Waals surface area contributed by atoms with Crippen LogP contribution in [0.25, 0.3) is 0 Å². The van der Waals surface area contributed by atoms with Crippen molar-refractivity contribution >= 4 is 15.7 Å². The number of halogens is 3. The smallest absolute Gasteiger partial charge is 0.349 e. The molecule has 0 aliphatic heterocycles. The van der Waals surface area contributed by atoms with Crippen LogP contribution < -0.4 is 5.32 Å². The van der Waals surface area contributed by atoms with Crippen LogP contribution in [0.3, 0.4) is 0 Å². The second-order valence-corrected chi connectivity index (χ2v) is 7.49. The van der Waals surface area contributed by atoms with Crippen LogP contribution in [0, 0.1) is 0 Å². The van der Waals surface area contributed by atoms with Gasteiger partial charge in [-0.1, -0.05) is 30.3 Å². The number of benzene rings is 1. The fourth-order valence-electron chi connectivity index (χ4n) is 2.56. The molecule has 2 aromatic rings. The largest absolute Gasteiger partial charge is 0.503 e. The first-order valence-electron chi connectivity index (χ1n) is 7.34. The molecule has 1 fully saturated rings. The number of hydrogen-bond donors (Lipinski definition) is 1. The summed E-state index contributed by atoms with van der Waals surface area (Å²) in [5, 5.41) is 1.29. The van der Waals surface area contributed by atoms with Gasteiger partial charge < -0.3 is 5.32 Å². The summed E-state index contributed by atoms with van der Waals surface area (Å²) < 4.78 is 61.5. The maximum absolute atomic E-state index is 12.8. The van der Waals surface area contributed by atoms with Crippen molar-refractivity contribution in [1.82, 2.24) is 10.3 Å². The number of nitrogens with zero attached hydrogens (tertiary/aromatic N) is 1. The van der Waals surface area contributed by atoms with Gasteiger partial charge in [0.1, 0.15) is 0 Å². The first kappa shape index (κ1) is 17.4. The Morgan fingerprint density at radius 3 is 2.44 bits per heavy atom. The lowest BCUT2D eigenvalue weighted by Crippen LogP contribution is -2.31. The number of rotatable bonds is 4. The minimum Gasteiger partial charge on any atom is -0.349 e. The van der Waals surface area contributed by atoms with Gasteiger partial charge >= 0.3 is 5.51 Å². The van der Waals surface area contributed by atoms with Gasteiger partial charge in [-0.25, -0.2) is 13.4 Å². The summed E-state index contributed by atoms with van der Waals surface area (Å²) >= 11 is 0. The zero-order valence-electron chi connectivity index (χ0n) is 12.7. The van der Waals surface area contributed by atoms with E-state index >= 15 is 0 Å². The van der Waals surface area contributed by atoms with Crippen molar-refractivity contribution in [2.75, 3.05) is 0 Å². The quantitative estimate of drug-likeness (QED) is 0.898. The Kier molecular flexibility index (Phi) is 4.28. The molecule has 1 N–H and O–H groups in total. The highest BCUT2D eigenvalue weighted by molar-refractivity contribution is 7.92. The molecule has 9 heteroatoms. The molecule has 2 unspecified atom stereocenters. The van der Waals surface area contributed by atoms with Gasteiger partial charge in [-0.3, -0.25) is 4.79 Å². The van der Waals surface area contributed by atoms with Crippen LogP contribution in [-0.4, -0.2) is 30.9 Å². The number of sulfone groups is 1. The average molecular weight is 370 g/mol. The Morgan fingerprint density at radius 2 is 1.80 bits per heavy atom. The summed E-state index contributed by atoms with van der Waals surface area (Å²) in [5.41, 5.74) is -5.14. The number of alkyl halides is 3. The van der Waals surface area contributed by atoms with E-state index in [0.717, 1.165) is 17.8 Å². The van der Waals surface area contributed by atoms with E-state index in [1.807, 2.05) is 30.3 Å². The summed E-state index contributed by atoms with van der Waals surface area (Å²) in [6.07, 6.45) is 1.54. The van der Waals surface area contributed by atoms with E-state index in [-0.39, 0.29) is 12.0 Å². The third kappa shape index (κ3) is 3.37. The molecule has 0 radical (unpaired) electrons. The highest BCUT2D eigenvalue weighted by Gasteiger charge is 2.50. The lowest BCUT2D eigenvalue weighted by Gasteiger charge is -2.11. The summed E-state index contributed by atoms with van der Waals surface area (Å²) in [4.78, 5) is 15.6. The van der Waals surface area contributed by atoms with E-state index in [4.69, 9.17) is 0 Å². The Morgan fingerprint density at radius 1 is 1.12 bits per heavy atom. The predicted molar refractivity (Wildman–Crippen MR) is 82.5 cm³/mol. The molecule has 1 saturated carbocycles. The molecule has 1 heterocycles. The normalized spacial score (nSPS) is 20.1. The van der Waals surface area contributed by atoms with Crippen molar-refractivity contribution in [2.45, 2.75) is 28.9 Å². The highest BCUT2D eigenvalue weighted by atomic mass is 32.2. The zero-order valence-corrected chi connectivity index (χ0v) is 13.5. The molecule has 0 spiro atoms. The molecule has 1 aromatic carbocycles.